The number of aromatic nitrogens is 1. The standard InChI is InChI=1S/C13H18BrN3.2ClH/c1-2-3-12(17-8-6-15-7-9-17)11-4-5-16-13(14)10-11;;/h2,4-5,10,12,15H,1,3,6-9H2;2*1H/t12-;;/m1../s1. The first-order valence-electron chi connectivity index (χ1n) is 5.98. The lowest BCUT2D eigenvalue weighted by atomic mass is 10.0. The van der Waals surface area contributed by atoms with E-state index in [0.29, 0.717) is 6.04 Å². The molecule has 2 heterocycles. The molecule has 0 bridgehead atoms. The topological polar surface area (TPSA) is 28.2 Å². The van der Waals surface area contributed by atoms with Crippen molar-refractivity contribution in [3.05, 3.63) is 41.2 Å². The van der Waals surface area contributed by atoms with E-state index < -0.39 is 0 Å². The monoisotopic (exact) mass is 367 g/mol. The lowest BCUT2D eigenvalue weighted by Gasteiger charge is -2.34. The third kappa shape index (κ3) is 5.40. The minimum atomic E-state index is 0. The SMILES string of the molecule is C=CC[C@H](c1ccnc(Br)c1)N1CCNCC1.Cl.Cl. The summed E-state index contributed by atoms with van der Waals surface area (Å²) in [6.07, 6.45) is 4.84. The second kappa shape index (κ2) is 9.72. The Hall–Kier alpha value is -0.130. The van der Waals surface area contributed by atoms with Gasteiger partial charge in [-0.1, -0.05) is 6.08 Å². The van der Waals surface area contributed by atoms with Crippen LogP contribution in [0.15, 0.2) is 35.6 Å². The highest BCUT2D eigenvalue weighted by molar-refractivity contribution is 9.10. The third-order valence-electron chi connectivity index (χ3n) is 3.12. The van der Waals surface area contributed by atoms with Gasteiger partial charge in [0.25, 0.3) is 0 Å². The van der Waals surface area contributed by atoms with Crippen LogP contribution in [0.1, 0.15) is 18.0 Å². The maximum Gasteiger partial charge on any atom is 0.106 e. The summed E-state index contributed by atoms with van der Waals surface area (Å²) in [5.41, 5.74) is 1.31. The molecule has 1 atom stereocenters. The van der Waals surface area contributed by atoms with Crippen LogP contribution in [-0.4, -0.2) is 36.1 Å². The molecular formula is C13H20BrCl2N3. The van der Waals surface area contributed by atoms with Crippen molar-refractivity contribution in [3.8, 4) is 0 Å². The lowest BCUT2D eigenvalue weighted by Crippen LogP contribution is -2.45. The molecule has 2 rings (SSSR count). The predicted molar refractivity (Wildman–Crippen MR) is 88.4 cm³/mol. The molecule has 0 saturated carbocycles. The number of nitrogens with zero attached hydrogens (tertiary/aromatic N) is 2. The maximum atomic E-state index is 4.19. The van der Waals surface area contributed by atoms with Crippen LogP contribution in [0, 0.1) is 0 Å². The van der Waals surface area contributed by atoms with Crippen molar-refractivity contribution in [3.63, 3.8) is 0 Å². The molecule has 1 aromatic heterocycles. The molecule has 1 fully saturated rings. The first-order chi connectivity index (χ1) is 8.31. The Morgan fingerprint density at radius 3 is 2.68 bits per heavy atom. The average molecular weight is 369 g/mol. The summed E-state index contributed by atoms with van der Waals surface area (Å²) in [5.74, 6) is 0. The summed E-state index contributed by atoms with van der Waals surface area (Å²) < 4.78 is 0.902. The molecule has 0 amide bonds. The summed E-state index contributed by atoms with van der Waals surface area (Å²) in [4.78, 5) is 6.70. The first-order valence-corrected chi connectivity index (χ1v) is 6.77. The first kappa shape index (κ1) is 18.9. The number of pyridine rings is 1. The van der Waals surface area contributed by atoms with Gasteiger partial charge in [-0.15, -0.1) is 31.4 Å². The van der Waals surface area contributed by atoms with Crippen LogP contribution in [0.3, 0.4) is 0 Å². The maximum absolute atomic E-state index is 4.19. The third-order valence-corrected chi connectivity index (χ3v) is 3.55. The molecule has 1 aliphatic heterocycles. The van der Waals surface area contributed by atoms with Crippen LogP contribution in [0.4, 0.5) is 0 Å². The molecule has 0 radical (unpaired) electrons. The van der Waals surface area contributed by atoms with Gasteiger partial charge >= 0.3 is 0 Å². The molecule has 1 saturated heterocycles. The Morgan fingerprint density at radius 2 is 2.11 bits per heavy atom. The number of rotatable bonds is 4. The van der Waals surface area contributed by atoms with Gasteiger partial charge in [-0.2, -0.15) is 0 Å². The van der Waals surface area contributed by atoms with Gasteiger partial charge in [-0.25, -0.2) is 4.98 Å². The molecule has 108 valence electrons. The Balaban J connectivity index is 0.00000162. The predicted octanol–water partition coefficient (Wildman–Crippen LogP) is 3.21. The fourth-order valence-corrected chi connectivity index (χ4v) is 2.65. The second-order valence-corrected chi connectivity index (χ2v) is 5.05. The Morgan fingerprint density at radius 1 is 1.42 bits per heavy atom. The smallest absolute Gasteiger partial charge is 0.106 e. The van der Waals surface area contributed by atoms with Gasteiger partial charge in [-0.3, -0.25) is 4.90 Å². The number of halogens is 3. The van der Waals surface area contributed by atoms with Crippen LogP contribution in [-0.2, 0) is 0 Å². The number of hydrogen-bond donors (Lipinski definition) is 1. The van der Waals surface area contributed by atoms with Gasteiger partial charge in [0.1, 0.15) is 4.60 Å². The van der Waals surface area contributed by atoms with E-state index in [1.807, 2.05) is 12.3 Å². The van der Waals surface area contributed by atoms with Crippen LogP contribution in [0.25, 0.3) is 0 Å². The van der Waals surface area contributed by atoms with Gasteiger partial charge < -0.3 is 5.32 Å². The van der Waals surface area contributed by atoms with Gasteiger partial charge in [0.15, 0.2) is 0 Å². The highest BCUT2D eigenvalue weighted by Gasteiger charge is 2.21. The van der Waals surface area contributed by atoms with Crippen LogP contribution in [0.2, 0.25) is 0 Å². The quantitative estimate of drug-likeness (QED) is 0.653. The van der Waals surface area contributed by atoms with E-state index in [2.05, 4.69) is 49.8 Å². The summed E-state index contributed by atoms with van der Waals surface area (Å²) in [6, 6.07) is 4.63. The highest BCUT2D eigenvalue weighted by Crippen LogP contribution is 2.26. The number of hydrogen-bond acceptors (Lipinski definition) is 3. The lowest BCUT2D eigenvalue weighted by molar-refractivity contribution is 0.174. The summed E-state index contributed by atoms with van der Waals surface area (Å²) in [6.45, 7) is 8.20. The molecule has 1 aromatic rings. The van der Waals surface area contributed by atoms with E-state index in [-0.39, 0.29) is 24.8 Å². The Kier molecular flexibility index (Phi) is 9.66. The van der Waals surface area contributed by atoms with Gasteiger partial charge in [0.05, 0.1) is 0 Å². The van der Waals surface area contributed by atoms with Crippen molar-refractivity contribution in [2.75, 3.05) is 26.2 Å². The minimum absolute atomic E-state index is 0. The van der Waals surface area contributed by atoms with E-state index in [4.69, 9.17) is 0 Å². The van der Waals surface area contributed by atoms with Crippen molar-refractivity contribution in [2.45, 2.75) is 12.5 Å². The Labute approximate surface area is 135 Å². The van der Waals surface area contributed by atoms with Crippen molar-refractivity contribution in [1.29, 1.82) is 0 Å². The van der Waals surface area contributed by atoms with E-state index in [1.165, 1.54) is 5.56 Å². The second-order valence-electron chi connectivity index (χ2n) is 4.24. The molecule has 0 aliphatic carbocycles. The summed E-state index contributed by atoms with van der Waals surface area (Å²) in [7, 11) is 0. The summed E-state index contributed by atoms with van der Waals surface area (Å²) in [5, 5.41) is 3.39. The van der Waals surface area contributed by atoms with Gasteiger partial charge in [-0.05, 0) is 40.0 Å². The molecule has 1 N–H and O–H groups in total. The number of piperazine rings is 1. The molecule has 0 spiro atoms. The van der Waals surface area contributed by atoms with E-state index in [9.17, 15) is 0 Å². The molecule has 1 aliphatic rings. The zero-order chi connectivity index (χ0) is 12.1. The van der Waals surface area contributed by atoms with Crippen molar-refractivity contribution < 1.29 is 0 Å². The molecule has 0 aromatic carbocycles. The zero-order valence-corrected chi connectivity index (χ0v) is 13.9. The Bertz CT molecular complexity index is 384. The van der Waals surface area contributed by atoms with Crippen molar-refractivity contribution >= 4 is 40.7 Å². The largest absolute Gasteiger partial charge is 0.314 e. The van der Waals surface area contributed by atoms with Gasteiger partial charge in [0, 0.05) is 38.4 Å². The molecule has 3 nitrogen and oxygen atoms in total. The van der Waals surface area contributed by atoms with Crippen LogP contribution < -0.4 is 5.32 Å². The summed E-state index contributed by atoms with van der Waals surface area (Å²) >= 11 is 3.44. The van der Waals surface area contributed by atoms with E-state index in [0.717, 1.165) is 37.2 Å². The molecule has 6 heteroatoms. The molecular weight excluding hydrogens is 349 g/mol. The number of nitrogens with one attached hydrogen (secondary N) is 1. The van der Waals surface area contributed by atoms with Crippen LogP contribution in [0.5, 0.6) is 0 Å². The minimum Gasteiger partial charge on any atom is -0.314 e. The van der Waals surface area contributed by atoms with E-state index in [1.54, 1.807) is 0 Å². The molecule has 0 unspecified atom stereocenters. The van der Waals surface area contributed by atoms with Crippen LogP contribution >= 0.6 is 40.7 Å². The molecule has 19 heavy (non-hydrogen) atoms. The highest BCUT2D eigenvalue weighted by atomic mass is 79.9. The fraction of sp³-hybridized carbons (Fsp3) is 0.462. The normalized spacial score (nSPS) is 16.9. The van der Waals surface area contributed by atoms with Gasteiger partial charge in [0.2, 0.25) is 0 Å². The zero-order valence-electron chi connectivity index (χ0n) is 10.7. The van der Waals surface area contributed by atoms with Crippen molar-refractivity contribution in [1.82, 2.24) is 15.2 Å². The fourth-order valence-electron chi connectivity index (χ4n) is 2.27. The van der Waals surface area contributed by atoms with Crippen molar-refractivity contribution in [2.24, 2.45) is 0 Å². The van der Waals surface area contributed by atoms with E-state index >= 15 is 0 Å². The average Bonchev–Trinajstić information content (AvgIpc) is 2.37.